The summed E-state index contributed by atoms with van der Waals surface area (Å²) in [7, 11) is 0. The summed E-state index contributed by atoms with van der Waals surface area (Å²) in [5.74, 6) is 1.96. The molecule has 17 heavy (non-hydrogen) atoms. The third-order valence-corrected chi connectivity index (χ3v) is 3.71. The molecular weight excluding hydrogens is 232 g/mol. The first-order valence-electron chi connectivity index (χ1n) is 5.80. The molecule has 1 rings (SSSR count). The molecule has 3 nitrogen and oxygen atoms in total. The second-order valence-corrected chi connectivity index (χ2v) is 5.37. The van der Waals surface area contributed by atoms with E-state index >= 15 is 0 Å². The zero-order valence-corrected chi connectivity index (χ0v) is 11.4. The summed E-state index contributed by atoms with van der Waals surface area (Å²) in [6.45, 7) is 6.00. The molecule has 1 aromatic rings. The first-order chi connectivity index (χ1) is 8.06. The van der Waals surface area contributed by atoms with Crippen molar-refractivity contribution < 1.29 is 4.79 Å². The Morgan fingerprint density at radius 1 is 1.53 bits per heavy atom. The fourth-order valence-electron chi connectivity index (χ4n) is 1.54. The summed E-state index contributed by atoms with van der Waals surface area (Å²) in [4.78, 5) is 12.0. The monoisotopic (exact) mass is 252 g/mol. The normalized spacial score (nSPS) is 12.2. The molecule has 0 aliphatic rings. The lowest BCUT2D eigenvalue weighted by molar-refractivity contribution is 0.0943. The van der Waals surface area contributed by atoms with Crippen molar-refractivity contribution in [1.29, 1.82) is 0 Å². The number of carbonyl (C=O) groups excluding carboxylic acids is 1. The van der Waals surface area contributed by atoms with Crippen LogP contribution in [0.5, 0.6) is 0 Å². The number of nitrogens with two attached hydrogens (primary N) is 1. The molecule has 0 aliphatic carbocycles. The van der Waals surface area contributed by atoms with E-state index < -0.39 is 0 Å². The summed E-state index contributed by atoms with van der Waals surface area (Å²) in [5, 5.41) is 2.98. The van der Waals surface area contributed by atoms with E-state index in [0.717, 1.165) is 17.1 Å². The number of anilines is 1. The van der Waals surface area contributed by atoms with Crippen LogP contribution >= 0.6 is 11.8 Å². The lowest BCUT2D eigenvalue weighted by Crippen LogP contribution is -2.34. The predicted octanol–water partition coefficient (Wildman–Crippen LogP) is 2.45. The maximum absolute atomic E-state index is 12.0. The van der Waals surface area contributed by atoms with E-state index in [-0.39, 0.29) is 11.9 Å². The number of nitrogen functional groups attached to an aromatic ring is 1. The summed E-state index contributed by atoms with van der Waals surface area (Å²) in [6, 6.07) is 5.60. The quantitative estimate of drug-likeness (QED) is 0.791. The third kappa shape index (κ3) is 3.97. The molecule has 0 fully saturated rings. The van der Waals surface area contributed by atoms with Gasteiger partial charge in [0.2, 0.25) is 0 Å². The lowest BCUT2D eigenvalue weighted by Gasteiger charge is -2.14. The molecule has 1 amide bonds. The molecule has 4 heteroatoms. The van der Waals surface area contributed by atoms with Crippen molar-refractivity contribution in [2.24, 2.45) is 0 Å². The summed E-state index contributed by atoms with van der Waals surface area (Å²) in [5.41, 5.74) is 7.96. The molecule has 0 bridgehead atoms. The molecule has 3 N–H and O–H groups in total. The molecular formula is C13H20N2OS. The van der Waals surface area contributed by atoms with Gasteiger partial charge in [0.1, 0.15) is 0 Å². The highest BCUT2D eigenvalue weighted by Crippen LogP contribution is 2.15. The zero-order valence-electron chi connectivity index (χ0n) is 10.6. The molecule has 0 aliphatic heterocycles. The van der Waals surface area contributed by atoms with Crippen molar-refractivity contribution in [2.45, 2.75) is 26.8 Å². The Bertz CT molecular complexity index is 393. The first-order valence-corrected chi connectivity index (χ1v) is 6.95. The van der Waals surface area contributed by atoms with Crippen LogP contribution in [0.15, 0.2) is 18.2 Å². The average Bonchev–Trinajstić information content (AvgIpc) is 2.29. The van der Waals surface area contributed by atoms with E-state index in [9.17, 15) is 4.79 Å². The van der Waals surface area contributed by atoms with E-state index in [1.54, 1.807) is 6.07 Å². The number of carbonyl (C=O) groups is 1. The van der Waals surface area contributed by atoms with Crippen LogP contribution in [0.25, 0.3) is 0 Å². The van der Waals surface area contributed by atoms with Gasteiger partial charge in [0.05, 0.1) is 0 Å². The summed E-state index contributed by atoms with van der Waals surface area (Å²) in [6.07, 6.45) is 0. The van der Waals surface area contributed by atoms with Gasteiger partial charge in [-0.05, 0) is 37.3 Å². The smallest absolute Gasteiger partial charge is 0.251 e. The highest BCUT2D eigenvalue weighted by Gasteiger charge is 2.12. The minimum Gasteiger partial charge on any atom is -0.398 e. The number of rotatable bonds is 5. The van der Waals surface area contributed by atoms with Gasteiger partial charge in [-0.15, -0.1) is 0 Å². The van der Waals surface area contributed by atoms with Crippen LogP contribution < -0.4 is 11.1 Å². The van der Waals surface area contributed by atoms with Crippen LogP contribution in [-0.2, 0) is 0 Å². The SMILES string of the molecule is CCSCC(C)NC(=O)c1cccc(N)c1C. The van der Waals surface area contributed by atoms with Gasteiger partial charge >= 0.3 is 0 Å². The van der Waals surface area contributed by atoms with Crippen molar-refractivity contribution in [2.75, 3.05) is 17.2 Å². The second-order valence-electron chi connectivity index (χ2n) is 4.05. The maximum Gasteiger partial charge on any atom is 0.251 e. The van der Waals surface area contributed by atoms with Gasteiger partial charge in [-0.25, -0.2) is 0 Å². The van der Waals surface area contributed by atoms with Crippen molar-refractivity contribution in [3.63, 3.8) is 0 Å². The molecule has 0 spiro atoms. The Balaban J connectivity index is 2.67. The Kier molecular flexibility index (Phi) is 5.35. The predicted molar refractivity (Wildman–Crippen MR) is 75.5 cm³/mol. The lowest BCUT2D eigenvalue weighted by atomic mass is 10.1. The van der Waals surface area contributed by atoms with Gasteiger partial charge < -0.3 is 11.1 Å². The van der Waals surface area contributed by atoms with Gasteiger partial charge in [-0.1, -0.05) is 13.0 Å². The van der Waals surface area contributed by atoms with E-state index in [1.807, 2.05) is 37.7 Å². The Hall–Kier alpha value is -1.16. The van der Waals surface area contributed by atoms with Crippen LogP contribution in [0.3, 0.4) is 0 Å². The summed E-state index contributed by atoms with van der Waals surface area (Å²) < 4.78 is 0. The minimum absolute atomic E-state index is 0.0426. The molecule has 0 aromatic heterocycles. The molecule has 0 radical (unpaired) electrons. The molecule has 0 saturated carbocycles. The largest absolute Gasteiger partial charge is 0.398 e. The number of hydrogen-bond acceptors (Lipinski definition) is 3. The van der Waals surface area contributed by atoms with Gasteiger partial charge in [-0.2, -0.15) is 11.8 Å². The van der Waals surface area contributed by atoms with Crippen molar-refractivity contribution in [3.05, 3.63) is 29.3 Å². The standard InChI is InChI=1S/C13H20N2OS/c1-4-17-8-9(2)15-13(16)11-6-5-7-12(14)10(11)3/h5-7,9H,4,8,14H2,1-3H3,(H,15,16). The molecule has 0 saturated heterocycles. The van der Waals surface area contributed by atoms with Crippen molar-refractivity contribution >= 4 is 23.4 Å². The fourth-order valence-corrected chi connectivity index (χ4v) is 2.21. The molecule has 94 valence electrons. The van der Waals surface area contributed by atoms with E-state index in [0.29, 0.717) is 11.3 Å². The third-order valence-electron chi connectivity index (χ3n) is 2.57. The highest BCUT2D eigenvalue weighted by atomic mass is 32.2. The molecule has 0 heterocycles. The number of hydrogen-bond donors (Lipinski definition) is 2. The van der Waals surface area contributed by atoms with Crippen LogP contribution in [0.1, 0.15) is 29.8 Å². The molecule has 1 aromatic carbocycles. The number of benzene rings is 1. The molecule has 1 atom stereocenters. The van der Waals surface area contributed by atoms with Crippen LogP contribution in [-0.4, -0.2) is 23.5 Å². The van der Waals surface area contributed by atoms with Gasteiger partial charge in [-0.3, -0.25) is 4.79 Å². The van der Waals surface area contributed by atoms with Crippen molar-refractivity contribution in [3.8, 4) is 0 Å². The molecule has 1 unspecified atom stereocenters. The average molecular weight is 252 g/mol. The van der Waals surface area contributed by atoms with Gasteiger partial charge in [0, 0.05) is 23.0 Å². The van der Waals surface area contributed by atoms with Gasteiger partial charge in [0.15, 0.2) is 0 Å². The van der Waals surface area contributed by atoms with E-state index in [2.05, 4.69) is 12.2 Å². The number of amides is 1. The Morgan fingerprint density at radius 2 is 2.24 bits per heavy atom. The van der Waals surface area contributed by atoms with Crippen LogP contribution in [0.2, 0.25) is 0 Å². The fraction of sp³-hybridized carbons (Fsp3) is 0.462. The van der Waals surface area contributed by atoms with Gasteiger partial charge in [0.25, 0.3) is 5.91 Å². The Morgan fingerprint density at radius 3 is 2.88 bits per heavy atom. The first kappa shape index (κ1) is 13.9. The van der Waals surface area contributed by atoms with Crippen molar-refractivity contribution in [1.82, 2.24) is 5.32 Å². The summed E-state index contributed by atoms with van der Waals surface area (Å²) >= 11 is 1.82. The highest BCUT2D eigenvalue weighted by molar-refractivity contribution is 7.99. The minimum atomic E-state index is -0.0426. The topological polar surface area (TPSA) is 55.1 Å². The zero-order chi connectivity index (χ0) is 12.8. The second kappa shape index (κ2) is 6.55. The number of thioether (sulfide) groups is 1. The number of nitrogens with one attached hydrogen (secondary N) is 1. The van der Waals surface area contributed by atoms with E-state index in [1.165, 1.54) is 0 Å². The van der Waals surface area contributed by atoms with E-state index in [4.69, 9.17) is 5.73 Å². The van der Waals surface area contributed by atoms with Crippen LogP contribution in [0, 0.1) is 6.92 Å². The van der Waals surface area contributed by atoms with Crippen LogP contribution in [0.4, 0.5) is 5.69 Å². The Labute approximate surface area is 107 Å². The maximum atomic E-state index is 12.0.